The van der Waals surface area contributed by atoms with E-state index in [1.807, 2.05) is 6.92 Å². The van der Waals surface area contributed by atoms with Gasteiger partial charge in [-0.2, -0.15) is 0 Å². The number of thioether (sulfide) groups is 1. The number of nitrogens with two attached hydrogens (primary N) is 1. The van der Waals surface area contributed by atoms with E-state index in [2.05, 4.69) is 15.3 Å². The van der Waals surface area contributed by atoms with Crippen LogP contribution in [0.15, 0.2) is 17.3 Å². The van der Waals surface area contributed by atoms with Crippen LogP contribution >= 0.6 is 11.8 Å². The van der Waals surface area contributed by atoms with Gasteiger partial charge in [0, 0.05) is 6.07 Å². The Labute approximate surface area is 141 Å². The first-order valence-corrected chi connectivity index (χ1v) is 8.34. The van der Waals surface area contributed by atoms with Crippen molar-refractivity contribution in [2.24, 2.45) is 10.7 Å². The lowest BCUT2D eigenvalue weighted by Crippen LogP contribution is -2.18. The van der Waals surface area contributed by atoms with Crippen LogP contribution < -0.4 is 15.8 Å². The second kappa shape index (κ2) is 9.36. The van der Waals surface area contributed by atoms with Crippen molar-refractivity contribution in [3.05, 3.63) is 18.0 Å². The van der Waals surface area contributed by atoms with Gasteiger partial charge in [-0.05, 0) is 26.5 Å². The van der Waals surface area contributed by atoms with Gasteiger partial charge in [-0.3, -0.25) is 10.3 Å². The van der Waals surface area contributed by atoms with Crippen molar-refractivity contribution in [1.29, 1.82) is 0 Å². The zero-order valence-electron chi connectivity index (χ0n) is 14.1. The molecular formula is C15H24N4O3S. The van der Waals surface area contributed by atoms with Gasteiger partial charge in [-0.15, -0.1) is 11.8 Å². The Hall–Kier alpha value is -1.80. The minimum absolute atomic E-state index is 0.199. The minimum Gasteiger partial charge on any atom is -0.494 e. The zero-order chi connectivity index (χ0) is 17.4. The molecule has 0 aromatic carbocycles. The summed E-state index contributed by atoms with van der Waals surface area (Å²) >= 11 is 1.53. The van der Waals surface area contributed by atoms with Gasteiger partial charge in [0.25, 0.3) is 0 Å². The van der Waals surface area contributed by atoms with Crippen molar-refractivity contribution >= 4 is 28.6 Å². The second-order valence-corrected chi connectivity index (χ2v) is 6.21. The molecular weight excluding hydrogens is 316 g/mol. The number of pyridine rings is 1. The summed E-state index contributed by atoms with van der Waals surface area (Å²) in [5.74, 6) is 1.34. The zero-order valence-corrected chi connectivity index (χ0v) is 14.9. The summed E-state index contributed by atoms with van der Waals surface area (Å²) < 4.78 is 10.4. The Morgan fingerprint density at radius 1 is 1.48 bits per heavy atom. The van der Waals surface area contributed by atoms with Crippen LogP contribution in [-0.2, 0) is 4.74 Å². The third-order valence-corrected chi connectivity index (χ3v) is 3.33. The van der Waals surface area contributed by atoms with Gasteiger partial charge in [-0.1, -0.05) is 6.92 Å². The Kier molecular flexibility index (Phi) is 7.84. The number of carbonyl (C=O) groups is 1. The van der Waals surface area contributed by atoms with E-state index in [0.29, 0.717) is 22.2 Å². The number of carbonyl (C=O) groups excluding carboxylic acids is 1. The lowest BCUT2D eigenvalue weighted by atomic mass is 10.3. The molecule has 128 valence electrons. The lowest BCUT2D eigenvalue weighted by Gasteiger charge is -2.13. The summed E-state index contributed by atoms with van der Waals surface area (Å²) in [6.07, 6.45) is 0.458. The lowest BCUT2D eigenvalue weighted by molar-refractivity contribution is 0.130. The molecule has 0 bridgehead atoms. The summed E-state index contributed by atoms with van der Waals surface area (Å²) in [6, 6.07) is 1.68. The first-order valence-electron chi connectivity index (χ1n) is 7.35. The number of hydrogen-bond acceptors (Lipinski definition) is 7. The molecule has 0 radical (unpaired) electrons. The largest absolute Gasteiger partial charge is 0.494 e. The van der Waals surface area contributed by atoms with Crippen molar-refractivity contribution in [1.82, 2.24) is 4.98 Å². The van der Waals surface area contributed by atoms with E-state index in [0.717, 1.165) is 5.75 Å². The molecule has 1 aromatic rings. The SMILES string of the molecule is CCS/C(=N\C(C)N)c1ncc(NC(=O)OC(C)C)cc1OC. The molecule has 3 N–H and O–H groups in total. The molecule has 23 heavy (non-hydrogen) atoms. The second-order valence-electron chi connectivity index (χ2n) is 4.96. The average Bonchev–Trinajstić information content (AvgIpc) is 2.45. The molecule has 1 aromatic heterocycles. The molecule has 1 atom stereocenters. The normalized spacial score (nSPS) is 12.9. The van der Waals surface area contributed by atoms with Crippen molar-refractivity contribution in [3.8, 4) is 5.75 Å². The average molecular weight is 340 g/mol. The molecule has 1 unspecified atom stereocenters. The van der Waals surface area contributed by atoms with Crippen LogP contribution in [-0.4, -0.2) is 41.3 Å². The number of nitrogens with zero attached hydrogens (tertiary/aromatic N) is 2. The highest BCUT2D eigenvalue weighted by Crippen LogP contribution is 2.25. The maximum absolute atomic E-state index is 11.6. The molecule has 0 spiro atoms. The summed E-state index contributed by atoms with van der Waals surface area (Å²) in [6.45, 7) is 7.37. The number of aliphatic imine (C=N–C) groups is 1. The van der Waals surface area contributed by atoms with Gasteiger partial charge < -0.3 is 15.2 Å². The molecule has 1 heterocycles. The van der Waals surface area contributed by atoms with Gasteiger partial charge in [0.05, 0.1) is 31.3 Å². The van der Waals surface area contributed by atoms with Crippen LogP contribution in [0.5, 0.6) is 5.75 Å². The maximum Gasteiger partial charge on any atom is 0.411 e. The van der Waals surface area contributed by atoms with Gasteiger partial charge in [0.15, 0.2) is 0 Å². The highest BCUT2D eigenvalue weighted by Gasteiger charge is 2.15. The van der Waals surface area contributed by atoms with Crippen molar-refractivity contribution in [3.63, 3.8) is 0 Å². The van der Waals surface area contributed by atoms with Crippen molar-refractivity contribution in [2.45, 2.75) is 40.0 Å². The van der Waals surface area contributed by atoms with Crippen LogP contribution in [0.4, 0.5) is 10.5 Å². The molecule has 0 saturated carbocycles. The van der Waals surface area contributed by atoms with Gasteiger partial charge in [0.1, 0.15) is 16.5 Å². The molecule has 1 amide bonds. The molecule has 0 fully saturated rings. The third-order valence-electron chi connectivity index (χ3n) is 2.47. The fourth-order valence-corrected chi connectivity index (χ4v) is 2.48. The van der Waals surface area contributed by atoms with Gasteiger partial charge >= 0.3 is 6.09 Å². The number of ether oxygens (including phenoxy) is 2. The standard InChI is InChI=1S/C15H24N4O3S/c1-6-23-14(18-10(4)16)13-12(21-5)7-11(8-17-13)19-15(20)22-9(2)3/h7-10H,6,16H2,1-5H3,(H,19,20)/b18-14-. The van der Waals surface area contributed by atoms with E-state index in [1.54, 1.807) is 26.8 Å². The molecule has 0 aliphatic rings. The Morgan fingerprint density at radius 3 is 2.70 bits per heavy atom. The topological polar surface area (TPSA) is 98.8 Å². The quantitative estimate of drug-likeness (QED) is 0.610. The number of methoxy groups -OCH3 is 1. The fraction of sp³-hybridized carbons (Fsp3) is 0.533. The van der Waals surface area contributed by atoms with E-state index in [-0.39, 0.29) is 12.3 Å². The summed E-state index contributed by atoms with van der Waals surface area (Å²) in [5, 5.41) is 3.32. The molecule has 8 heteroatoms. The molecule has 0 aliphatic heterocycles. The predicted molar refractivity (Wildman–Crippen MR) is 94.3 cm³/mol. The Bertz CT molecular complexity index is 562. The smallest absolute Gasteiger partial charge is 0.411 e. The summed E-state index contributed by atoms with van der Waals surface area (Å²) in [4.78, 5) is 20.4. The number of amides is 1. The van der Waals surface area contributed by atoms with Crippen LogP contribution in [0.1, 0.15) is 33.4 Å². The maximum atomic E-state index is 11.6. The van der Waals surface area contributed by atoms with Crippen LogP contribution in [0.2, 0.25) is 0 Å². The highest BCUT2D eigenvalue weighted by molar-refractivity contribution is 8.14. The molecule has 1 rings (SSSR count). The molecule has 7 nitrogen and oxygen atoms in total. The fourth-order valence-electron chi connectivity index (χ4n) is 1.68. The van der Waals surface area contributed by atoms with Crippen LogP contribution in [0.25, 0.3) is 0 Å². The van der Waals surface area contributed by atoms with Crippen molar-refractivity contribution in [2.75, 3.05) is 18.2 Å². The van der Waals surface area contributed by atoms with Gasteiger partial charge in [-0.25, -0.2) is 9.78 Å². The van der Waals surface area contributed by atoms with Crippen molar-refractivity contribution < 1.29 is 14.3 Å². The number of aromatic nitrogens is 1. The first-order chi connectivity index (χ1) is 10.9. The molecule has 0 saturated heterocycles. The third kappa shape index (κ3) is 6.45. The Morgan fingerprint density at radius 2 is 2.17 bits per heavy atom. The molecule has 0 aliphatic carbocycles. The predicted octanol–water partition coefficient (Wildman–Crippen LogP) is 2.85. The number of rotatable bonds is 6. The highest BCUT2D eigenvalue weighted by atomic mass is 32.2. The van der Waals surface area contributed by atoms with E-state index in [4.69, 9.17) is 15.2 Å². The van der Waals surface area contributed by atoms with Crippen LogP contribution in [0.3, 0.4) is 0 Å². The van der Waals surface area contributed by atoms with E-state index in [9.17, 15) is 4.79 Å². The van der Waals surface area contributed by atoms with E-state index in [1.165, 1.54) is 25.1 Å². The number of nitrogens with one attached hydrogen (secondary N) is 1. The summed E-state index contributed by atoms with van der Waals surface area (Å²) in [7, 11) is 1.54. The first kappa shape index (κ1) is 19.2. The van der Waals surface area contributed by atoms with Crippen LogP contribution in [0, 0.1) is 0 Å². The summed E-state index contributed by atoms with van der Waals surface area (Å²) in [5.41, 5.74) is 6.83. The number of hydrogen-bond donors (Lipinski definition) is 2. The number of anilines is 1. The van der Waals surface area contributed by atoms with E-state index < -0.39 is 6.09 Å². The minimum atomic E-state index is -0.538. The van der Waals surface area contributed by atoms with Gasteiger partial charge in [0.2, 0.25) is 0 Å². The monoisotopic (exact) mass is 340 g/mol. The Balaban J connectivity index is 3.05. The van der Waals surface area contributed by atoms with E-state index >= 15 is 0 Å².